The molecule has 0 aromatic heterocycles. The molecular formula is C10H20N2O. The van der Waals surface area contributed by atoms with Crippen LogP contribution in [-0.2, 0) is 4.79 Å². The predicted octanol–water partition coefficient (Wildman–Crippen LogP) is 1.15. The highest BCUT2D eigenvalue weighted by Gasteiger charge is 2.17. The molecule has 0 aliphatic rings. The van der Waals surface area contributed by atoms with Gasteiger partial charge in [0.1, 0.15) is 0 Å². The van der Waals surface area contributed by atoms with Crippen molar-refractivity contribution in [2.24, 2.45) is 5.73 Å². The fourth-order valence-corrected chi connectivity index (χ4v) is 1.08. The first-order valence-corrected chi connectivity index (χ1v) is 4.71. The van der Waals surface area contributed by atoms with E-state index in [4.69, 9.17) is 5.73 Å². The number of nitrogens with two attached hydrogens (primary N) is 1. The van der Waals surface area contributed by atoms with E-state index >= 15 is 0 Å². The van der Waals surface area contributed by atoms with Gasteiger partial charge in [-0.3, -0.25) is 4.79 Å². The Hall–Kier alpha value is -0.830. The maximum Gasteiger partial charge on any atom is 0.239 e. The Morgan fingerprint density at radius 1 is 1.54 bits per heavy atom. The summed E-state index contributed by atoms with van der Waals surface area (Å²) in [6.45, 7) is 10.9. The summed E-state index contributed by atoms with van der Waals surface area (Å²) in [6, 6.07) is -0.362. The van der Waals surface area contributed by atoms with Crippen LogP contribution in [0.2, 0.25) is 0 Å². The number of hydrogen-bond acceptors (Lipinski definition) is 2. The lowest BCUT2D eigenvalue weighted by atomic mass is 10.2. The molecule has 0 aromatic carbocycles. The molecule has 0 aliphatic carbocycles. The topological polar surface area (TPSA) is 46.3 Å². The van der Waals surface area contributed by atoms with E-state index in [1.54, 1.807) is 4.90 Å². The molecule has 0 saturated carbocycles. The summed E-state index contributed by atoms with van der Waals surface area (Å²) in [5, 5.41) is 0. The maximum atomic E-state index is 11.6. The van der Waals surface area contributed by atoms with E-state index in [-0.39, 0.29) is 11.9 Å². The third-order valence-electron chi connectivity index (χ3n) is 1.91. The van der Waals surface area contributed by atoms with E-state index < -0.39 is 0 Å². The molecule has 13 heavy (non-hydrogen) atoms. The Morgan fingerprint density at radius 3 is 2.38 bits per heavy atom. The van der Waals surface area contributed by atoms with Crippen molar-refractivity contribution in [2.75, 3.05) is 13.1 Å². The van der Waals surface area contributed by atoms with Gasteiger partial charge in [0.15, 0.2) is 0 Å². The molecule has 0 aromatic rings. The molecule has 1 atom stereocenters. The number of carbonyl (C=O) groups excluding carboxylic acids is 1. The largest absolute Gasteiger partial charge is 0.338 e. The van der Waals surface area contributed by atoms with Gasteiger partial charge in [-0.25, -0.2) is 0 Å². The SMILES string of the molecule is C=C(C)CN(CC)C(=O)[C@@H](N)CC. The van der Waals surface area contributed by atoms with Crippen molar-refractivity contribution in [2.45, 2.75) is 33.2 Å². The predicted molar refractivity (Wildman–Crippen MR) is 55.3 cm³/mol. The monoisotopic (exact) mass is 184 g/mol. The van der Waals surface area contributed by atoms with Crippen molar-refractivity contribution in [1.82, 2.24) is 4.90 Å². The van der Waals surface area contributed by atoms with Gasteiger partial charge in [0.2, 0.25) is 5.91 Å². The molecule has 0 bridgehead atoms. The van der Waals surface area contributed by atoms with Crippen molar-refractivity contribution in [3.8, 4) is 0 Å². The summed E-state index contributed by atoms with van der Waals surface area (Å²) in [5.74, 6) is 0.0213. The number of nitrogens with zero attached hydrogens (tertiary/aromatic N) is 1. The van der Waals surface area contributed by atoms with Crippen LogP contribution < -0.4 is 5.73 Å². The smallest absolute Gasteiger partial charge is 0.239 e. The molecule has 2 N–H and O–H groups in total. The highest BCUT2D eigenvalue weighted by Crippen LogP contribution is 2.00. The van der Waals surface area contributed by atoms with E-state index in [0.29, 0.717) is 19.5 Å². The molecular weight excluding hydrogens is 164 g/mol. The van der Waals surface area contributed by atoms with Gasteiger partial charge in [-0.05, 0) is 20.3 Å². The van der Waals surface area contributed by atoms with E-state index in [1.165, 1.54) is 0 Å². The third-order valence-corrected chi connectivity index (χ3v) is 1.91. The van der Waals surface area contributed by atoms with Gasteiger partial charge in [-0.15, -0.1) is 0 Å². The lowest BCUT2D eigenvalue weighted by molar-refractivity contribution is -0.132. The number of carbonyl (C=O) groups is 1. The molecule has 1 amide bonds. The third kappa shape index (κ3) is 4.08. The van der Waals surface area contributed by atoms with E-state index in [0.717, 1.165) is 5.57 Å². The summed E-state index contributed by atoms with van der Waals surface area (Å²) >= 11 is 0. The van der Waals surface area contributed by atoms with Gasteiger partial charge in [0, 0.05) is 13.1 Å². The summed E-state index contributed by atoms with van der Waals surface area (Å²) in [4.78, 5) is 13.3. The van der Waals surface area contributed by atoms with Crippen molar-refractivity contribution in [1.29, 1.82) is 0 Å². The zero-order chi connectivity index (χ0) is 10.4. The Bertz CT molecular complexity index is 189. The Balaban J connectivity index is 4.22. The van der Waals surface area contributed by atoms with E-state index in [2.05, 4.69) is 6.58 Å². The molecule has 3 nitrogen and oxygen atoms in total. The standard InChI is InChI=1S/C10H20N2O/c1-5-9(11)10(13)12(6-2)7-8(3)4/h9H,3,5-7,11H2,1-2,4H3/t9-/m0/s1. The summed E-state index contributed by atoms with van der Waals surface area (Å²) < 4.78 is 0. The van der Waals surface area contributed by atoms with Crippen LogP contribution in [0.1, 0.15) is 27.2 Å². The van der Waals surface area contributed by atoms with Crippen LogP contribution in [0, 0.1) is 0 Å². The average molecular weight is 184 g/mol. The van der Waals surface area contributed by atoms with Crippen LogP contribution in [0.15, 0.2) is 12.2 Å². The first-order chi connectivity index (χ1) is 6.02. The first kappa shape index (κ1) is 12.2. The van der Waals surface area contributed by atoms with Gasteiger partial charge in [-0.1, -0.05) is 19.1 Å². The molecule has 3 heteroatoms. The van der Waals surface area contributed by atoms with Crippen LogP contribution in [0.4, 0.5) is 0 Å². The number of amides is 1. The average Bonchev–Trinajstić information content (AvgIpc) is 2.11. The molecule has 0 fully saturated rings. The second-order valence-electron chi connectivity index (χ2n) is 3.32. The van der Waals surface area contributed by atoms with Gasteiger partial charge in [-0.2, -0.15) is 0 Å². The van der Waals surface area contributed by atoms with Crippen LogP contribution in [0.5, 0.6) is 0 Å². The van der Waals surface area contributed by atoms with Gasteiger partial charge < -0.3 is 10.6 Å². The normalized spacial score (nSPS) is 12.3. The number of rotatable bonds is 5. The summed E-state index contributed by atoms with van der Waals surface area (Å²) in [7, 11) is 0. The van der Waals surface area contributed by atoms with Crippen LogP contribution in [0.25, 0.3) is 0 Å². The van der Waals surface area contributed by atoms with Crippen LogP contribution in [-0.4, -0.2) is 29.9 Å². The fourth-order valence-electron chi connectivity index (χ4n) is 1.08. The van der Waals surface area contributed by atoms with Crippen molar-refractivity contribution < 1.29 is 4.79 Å². The Morgan fingerprint density at radius 2 is 2.08 bits per heavy atom. The minimum Gasteiger partial charge on any atom is -0.338 e. The number of hydrogen-bond donors (Lipinski definition) is 1. The maximum absolute atomic E-state index is 11.6. The minimum absolute atomic E-state index is 0.0213. The second kappa shape index (κ2) is 5.75. The van der Waals surface area contributed by atoms with Crippen LogP contribution >= 0.6 is 0 Å². The van der Waals surface area contributed by atoms with E-state index in [9.17, 15) is 4.79 Å². The lowest BCUT2D eigenvalue weighted by Crippen LogP contribution is -2.43. The van der Waals surface area contributed by atoms with Gasteiger partial charge in [0.25, 0.3) is 0 Å². The highest BCUT2D eigenvalue weighted by atomic mass is 16.2. The van der Waals surface area contributed by atoms with E-state index in [1.807, 2.05) is 20.8 Å². The van der Waals surface area contributed by atoms with Crippen molar-refractivity contribution in [3.63, 3.8) is 0 Å². The molecule has 0 aliphatic heterocycles. The summed E-state index contributed by atoms with van der Waals surface area (Å²) in [5.41, 5.74) is 6.63. The summed E-state index contributed by atoms with van der Waals surface area (Å²) in [6.07, 6.45) is 0.686. The number of likely N-dealkylation sites (N-methyl/N-ethyl adjacent to an activating group) is 1. The molecule has 0 saturated heterocycles. The lowest BCUT2D eigenvalue weighted by Gasteiger charge is -2.23. The van der Waals surface area contributed by atoms with Gasteiger partial charge >= 0.3 is 0 Å². The Labute approximate surface area is 80.6 Å². The Kier molecular flexibility index (Phi) is 5.39. The zero-order valence-electron chi connectivity index (χ0n) is 8.84. The molecule has 0 unspecified atom stereocenters. The zero-order valence-corrected chi connectivity index (χ0v) is 8.84. The fraction of sp³-hybridized carbons (Fsp3) is 0.700. The minimum atomic E-state index is -0.362. The molecule has 76 valence electrons. The second-order valence-corrected chi connectivity index (χ2v) is 3.32. The highest BCUT2D eigenvalue weighted by molar-refractivity contribution is 5.81. The van der Waals surface area contributed by atoms with Crippen molar-refractivity contribution >= 4 is 5.91 Å². The first-order valence-electron chi connectivity index (χ1n) is 4.71. The molecule has 0 heterocycles. The molecule has 0 spiro atoms. The molecule has 0 radical (unpaired) electrons. The van der Waals surface area contributed by atoms with Crippen LogP contribution in [0.3, 0.4) is 0 Å². The van der Waals surface area contributed by atoms with Crippen molar-refractivity contribution in [3.05, 3.63) is 12.2 Å². The van der Waals surface area contributed by atoms with Gasteiger partial charge in [0.05, 0.1) is 6.04 Å². The molecule has 0 rings (SSSR count). The quantitative estimate of drug-likeness (QED) is 0.651.